The molecule has 0 spiro atoms. The molecule has 4 aliphatic rings. The van der Waals surface area contributed by atoms with Gasteiger partial charge in [-0.15, -0.1) is 0 Å². The van der Waals surface area contributed by atoms with Gasteiger partial charge in [-0.2, -0.15) is 0 Å². The van der Waals surface area contributed by atoms with E-state index in [0.29, 0.717) is 12.8 Å². The van der Waals surface area contributed by atoms with Crippen LogP contribution in [0.5, 0.6) is 0 Å². The number of likely N-dealkylation sites (N-methyl/N-ethyl adjacent to an activating group) is 1. The quantitative estimate of drug-likeness (QED) is 0.559. The molecule has 9 heteroatoms. The molecular formula is C18H21N3O6. The lowest BCUT2D eigenvalue weighted by Crippen LogP contribution is -2.54. The number of allylic oxidation sites excluding steroid dienone is 1. The predicted octanol–water partition coefficient (Wildman–Crippen LogP) is -0.370. The number of carbonyl (C=O) groups is 3. The van der Waals surface area contributed by atoms with Crippen LogP contribution in [0, 0.1) is 17.8 Å². The first kappa shape index (κ1) is 17.7. The molecule has 0 saturated heterocycles. The van der Waals surface area contributed by atoms with E-state index in [1.807, 2.05) is 0 Å². The highest BCUT2D eigenvalue weighted by Crippen LogP contribution is 2.50. The third-order valence-electron chi connectivity index (χ3n) is 6.10. The second-order valence-corrected chi connectivity index (χ2v) is 7.74. The molecule has 5 unspecified atom stereocenters. The van der Waals surface area contributed by atoms with Crippen molar-refractivity contribution in [2.24, 2.45) is 28.5 Å². The van der Waals surface area contributed by atoms with Crippen LogP contribution in [0.4, 0.5) is 0 Å². The molecule has 0 aromatic rings. The van der Waals surface area contributed by atoms with Crippen LogP contribution >= 0.6 is 0 Å². The first-order valence-electron chi connectivity index (χ1n) is 8.82. The molecule has 6 atom stereocenters. The van der Waals surface area contributed by atoms with Gasteiger partial charge in [-0.05, 0) is 38.8 Å². The minimum Gasteiger partial charge on any atom is -0.511 e. The van der Waals surface area contributed by atoms with Gasteiger partial charge in [0.15, 0.2) is 24.0 Å². The van der Waals surface area contributed by atoms with Crippen molar-refractivity contribution >= 4 is 23.9 Å². The highest BCUT2D eigenvalue weighted by atomic mass is 16.5. The first-order valence-corrected chi connectivity index (χ1v) is 8.82. The summed E-state index contributed by atoms with van der Waals surface area (Å²) in [6.07, 6.45) is 1.76. The van der Waals surface area contributed by atoms with Gasteiger partial charge in [0.05, 0.1) is 12.0 Å². The van der Waals surface area contributed by atoms with E-state index >= 15 is 0 Å². The Morgan fingerprint density at radius 1 is 1.22 bits per heavy atom. The predicted molar refractivity (Wildman–Crippen MR) is 92.9 cm³/mol. The van der Waals surface area contributed by atoms with E-state index in [-0.39, 0.29) is 34.9 Å². The van der Waals surface area contributed by atoms with Crippen molar-refractivity contribution in [1.29, 1.82) is 0 Å². The Hall–Kier alpha value is -2.68. The maximum Gasteiger partial charge on any atom is 0.255 e. The summed E-state index contributed by atoms with van der Waals surface area (Å²) in [5.74, 6) is -4.74. The minimum absolute atomic E-state index is 0.191. The molecule has 1 aliphatic heterocycles. The second kappa shape index (κ2) is 5.91. The third kappa shape index (κ3) is 2.34. The van der Waals surface area contributed by atoms with E-state index in [4.69, 9.17) is 10.5 Å². The smallest absolute Gasteiger partial charge is 0.255 e. The lowest BCUT2D eigenvalue weighted by Gasteiger charge is -2.46. The van der Waals surface area contributed by atoms with Gasteiger partial charge >= 0.3 is 0 Å². The Kier molecular flexibility index (Phi) is 3.88. The van der Waals surface area contributed by atoms with Crippen molar-refractivity contribution in [3.63, 3.8) is 0 Å². The molecule has 27 heavy (non-hydrogen) atoms. The van der Waals surface area contributed by atoms with Crippen molar-refractivity contribution in [3.8, 4) is 0 Å². The summed E-state index contributed by atoms with van der Waals surface area (Å²) in [7, 11) is 3.41. The Morgan fingerprint density at radius 2 is 1.93 bits per heavy atom. The number of ketones is 2. The fraction of sp³-hybridized carbons (Fsp3) is 0.556. The highest BCUT2D eigenvalue weighted by Gasteiger charge is 2.56. The molecule has 9 nitrogen and oxygen atoms in total. The van der Waals surface area contributed by atoms with E-state index in [0.717, 1.165) is 0 Å². The normalized spacial score (nSPS) is 37.9. The lowest BCUT2D eigenvalue weighted by atomic mass is 9.61. The van der Waals surface area contributed by atoms with E-state index in [1.165, 1.54) is 6.40 Å². The van der Waals surface area contributed by atoms with E-state index in [1.54, 1.807) is 19.0 Å². The molecule has 1 amide bonds. The minimum atomic E-state index is -1.09. The number of aliphatic imine (C=N–C) groups is 1. The zero-order valence-electron chi connectivity index (χ0n) is 15.0. The number of fused-ring (bicyclic) bond motifs is 3. The molecule has 1 fully saturated rings. The van der Waals surface area contributed by atoms with Crippen molar-refractivity contribution in [2.45, 2.75) is 31.0 Å². The summed E-state index contributed by atoms with van der Waals surface area (Å²) in [6.45, 7) is 0. The van der Waals surface area contributed by atoms with E-state index in [9.17, 15) is 24.6 Å². The Balaban J connectivity index is 1.85. The average molecular weight is 375 g/mol. The van der Waals surface area contributed by atoms with Crippen molar-refractivity contribution in [1.82, 2.24) is 4.90 Å². The average Bonchev–Trinajstić information content (AvgIpc) is 3.02. The van der Waals surface area contributed by atoms with Gasteiger partial charge in [0.1, 0.15) is 23.2 Å². The molecule has 0 aromatic heterocycles. The SMILES string of the molecule is CN(C)[C@@H]1C(O)=C(C(N)=O)C(=O)C2C(O)=C3C(=O)C4N=COC4CC3CC21. The van der Waals surface area contributed by atoms with Crippen LogP contribution in [0.25, 0.3) is 0 Å². The fourth-order valence-corrected chi connectivity index (χ4v) is 5.05. The van der Waals surface area contributed by atoms with Crippen molar-refractivity contribution < 1.29 is 29.3 Å². The van der Waals surface area contributed by atoms with Crippen LogP contribution in [0.3, 0.4) is 0 Å². The monoisotopic (exact) mass is 375 g/mol. The van der Waals surface area contributed by atoms with Gasteiger partial charge in [-0.25, -0.2) is 4.99 Å². The summed E-state index contributed by atoms with van der Waals surface area (Å²) in [5.41, 5.74) is 4.99. The maximum atomic E-state index is 12.9. The number of nitrogens with zero attached hydrogens (tertiary/aromatic N) is 2. The van der Waals surface area contributed by atoms with Crippen LogP contribution in [0.1, 0.15) is 12.8 Å². The largest absolute Gasteiger partial charge is 0.511 e. The van der Waals surface area contributed by atoms with E-state index in [2.05, 4.69) is 4.99 Å². The number of aliphatic hydroxyl groups excluding tert-OH is 2. The van der Waals surface area contributed by atoms with Gasteiger partial charge < -0.3 is 20.7 Å². The van der Waals surface area contributed by atoms with Gasteiger partial charge in [0.25, 0.3) is 5.91 Å². The molecular weight excluding hydrogens is 354 g/mol. The van der Waals surface area contributed by atoms with Crippen LogP contribution in [0.2, 0.25) is 0 Å². The number of amides is 1. The van der Waals surface area contributed by atoms with Crippen molar-refractivity contribution in [2.75, 3.05) is 14.1 Å². The van der Waals surface area contributed by atoms with Gasteiger partial charge in [0, 0.05) is 5.57 Å². The lowest BCUT2D eigenvalue weighted by molar-refractivity contribution is -0.128. The van der Waals surface area contributed by atoms with Gasteiger partial charge in [0.2, 0.25) is 0 Å². The van der Waals surface area contributed by atoms with Gasteiger partial charge in [-0.1, -0.05) is 0 Å². The third-order valence-corrected chi connectivity index (χ3v) is 6.10. The van der Waals surface area contributed by atoms with Crippen LogP contribution in [-0.2, 0) is 19.1 Å². The second-order valence-electron chi connectivity index (χ2n) is 7.74. The molecule has 1 saturated carbocycles. The summed E-state index contributed by atoms with van der Waals surface area (Å²) >= 11 is 0. The Bertz CT molecular complexity index is 842. The number of rotatable bonds is 2. The summed E-state index contributed by atoms with van der Waals surface area (Å²) in [5, 5.41) is 21.5. The number of hydrogen-bond donors (Lipinski definition) is 3. The zero-order valence-corrected chi connectivity index (χ0v) is 15.0. The topological polar surface area (TPSA) is 143 Å². The number of primary amides is 1. The zero-order chi connectivity index (χ0) is 19.6. The number of aliphatic hydroxyl groups is 2. The standard InChI is InChI=1S/C18H21N3O6/c1-21(2)13-7-3-6-4-8-12(20-5-27-8)16(24)9(6)14(22)10(7)15(23)11(17(13)25)18(19)26/h5-8,10,12-13,22,25H,3-4H2,1-2H3,(H2,19,26)/t6?,7?,8?,10?,12?,13-/m0/s1. The van der Waals surface area contributed by atoms with Gasteiger partial charge in [-0.3, -0.25) is 19.3 Å². The molecule has 1 heterocycles. The van der Waals surface area contributed by atoms with Crippen LogP contribution in [0.15, 0.2) is 27.7 Å². The summed E-state index contributed by atoms with van der Waals surface area (Å²) in [6, 6.07) is -1.38. The number of Topliss-reactive ketones (excluding diaryl/α,β-unsaturated/α-hetero) is 2. The number of nitrogens with two attached hydrogens (primary N) is 1. The molecule has 144 valence electrons. The van der Waals surface area contributed by atoms with Crippen LogP contribution in [-0.4, -0.2) is 71.3 Å². The first-order chi connectivity index (χ1) is 12.7. The summed E-state index contributed by atoms with van der Waals surface area (Å²) in [4.78, 5) is 43.2. The number of carbonyl (C=O) groups excluding carboxylic acids is 3. The molecule has 4 N–H and O–H groups in total. The maximum absolute atomic E-state index is 12.9. The highest BCUT2D eigenvalue weighted by molar-refractivity contribution is 6.21. The van der Waals surface area contributed by atoms with Crippen molar-refractivity contribution in [3.05, 3.63) is 22.7 Å². The Morgan fingerprint density at radius 3 is 2.56 bits per heavy atom. The molecule has 0 aromatic carbocycles. The number of ether oxygens (including phenoxy) is 1. The van der Waals surface area contributed by atoms with E-state index < -0.39 is 41.2 Å². The molecule has 0 radical (unpaired) electrons. The molecule has 3 aliphatic carbocycles. The summed E-state index contributed by atoms with van der Waals surface area (Å²) < 4.78 is 5.40. The molecule has 4 rings (SSSR count). The number of hydrogen-bond acceptors (Lipinski definition) is 8. The molecule has 0 bridgehead atoms. The Labute approximate surface area is 155 Å². The van der Waals surface area contributed by atoms with Crippen LogP contribution < -0.4 is 5.73 Å². The fourth-order valence-electron chi connectivity index (χ4n) is 5.05.